The Morgan fingerprint density at radius 1 is 1.40 bits per heavy atom. The first-order valence-electron chi connectivity index (χ1n) is 6.68. The Kier molecular flexibility index (Phi) is 5.26. The van der Waals surface area contributed by atoms with E-state index in [1.54, 1.807) is 5.38 Å². The third-order valence-corrected chi connectivity index (χ3v) is 3.81. The smallest absolute Gasteiger partial charge is 0.270 e. The molecule has 0 saturated heterocycles. The second-order valence-corrected chi connectivity index (χ2v) is 5.67. The van der Waals surface area contributed by atoms with E-state index in [0.717, 1.165) is 17.8 Å². The third-order valence-electron chi connectivity index (χ3n) is 2.90. The molecule has 0 aliphatic rings. The molecule has 0 saturated carbocycles. The Morgan fingerprint density at radius 3 is 2.85 bits per heavy atom. The number of aromatic nitrogens is 1. The van der Waals surface area contributed by atoms with Gasteiger partial charge in [0.1, 0.15) is 5.69 Å². The standard InChI is InChI=1S/C15H19N3OS/c1-11(9-12-5-3-2-4-6-12)17-15(19)13-10-20-14(18-13)7-8-16/h2-6,10-11H,7-9,16H2,1H3,(H,17,19). The lowest BCUT2D eigenvalue weighted by Crippen LogP contribution is -2.34. The van der Waals surface area contributed by atoms with E-state index in [9.17, 15) is 4.79 Å². The van der Waals surface area contributed by atoms with Crippen LogP contribution in [0, 0.1) is 0 Å². The van der Waals surface area contributed by atoms with E-state index in [1.165, 1.54) is 16.9 Å². The van der Waals surface area contributed by atoms with Crippen LogP contribution < -0.4 is 11.1 Å². The van der Waals surface area contributed by atoms with E-state index >= 15 is 0 Å². The molecule has 0 fully saturated rings. The molecule has 0 radical (unpaired) electrons. The molecule has 4 nitrogen and oxygen atoms in total. The van der Waals surface area contributed by atoms with Crippen LogP contribution in [0.25, 0.3) is 0 Å². The molecule has 0 spiro atoms. The summed E-state index contributed by atoms with van der Waals surface area (Å²) in [4.78, 5) is 16.4. The first-order valence-corrected chi connectivity index (χ1v) is 7.56. The van der Waals surface area contributed by atoms with Crippen LogP contribution in [0.1, 0.15) is 28.0 Å². The number of nitrogens with two attached hydrogens (primary N) is 1. The fourth-order valence-corrected chi connectivity index (χ4v) is 2.76. The maximum Gasteiger partial charge on any atom is 0.270 e. The van der Waals surface area contributed by atoms with Gasteiger partial charge < -0.3 is 11.1 Å². The van der Waals surface area contributed by atoms with Crippen molar-refractivity contribution in [2.75, 3.05) is 6.54 Å². The summed E-state index contributed by atoms with van der Waals surface area (Å²) >= 11 is 1.48. The number of hydrogen-bond acceptors (Lipinski definition) is 4. The van der Waals surface area contributed by atoms with Gasteiger partial charge in [0.05, 0.1) is 5.01 Å². The number of hydrogen-bond donors (Lipinski definition) is 2. The monoisotopic (exact) mass is 289 g/mol. The fourth-order valence-electron chi connectivity index (χ4n) is 1.97. The largest absolute Gasteiger partial charge is 0.348 e. The summed E-state index contributed by atoms with van der Waals surface area (Å²) in [5.74, 6) is -0.118. The van der Waals surface area contributed by atoms with Crippen LogP contribution in [0.3, 0.4) is 0 Å². The lowest BCUT2D eigenvalue weighted by Gasteiger charge is -2.12. The van der Waals surface area contributed by atoms with Gasteiger partial charge in [0.2, 0.25) is 0 Å². The van der Waals surface area contributed by atoms with Crippen molar-refractivity contribution in [2.24, 2.45) is 5.73 Å². The number of thiazole rings is 1. The Balaban J connectivity index is 1.90. The Bertz CT molecular complexity index is 553. The van der Waals surface area contributed by atoms with Crippen molar-refractivity contribution in [3.05, 3.63) is 52.0 Å². The van der Waals surface area contributed by atoms with Crippen molar-refractivity contribution in [3.8, 4) is 0 Å². The minimum absolute atomic E-state index is 0.0737. The lowest BCUT2D eigenvalue weighted by atomic mass is 10.1. The molecule has 2 aromatic rings. The highest BCUT2D eigenvalue weighted by Crippen LogP contribution is 2.10. The second-order valence-electron chi connectivity index (χ2n) is 4.73. The Labute approximate surface area is 123 Å². The molecule has 0 aliphatic carbocycles. The first-order chi connectivity index (χ1) is 9.69. The van der Waals surface area contributed by atoms with E-state index < -0.39 is 0 Å². The maximum absolute atomic E-state index is 12.1. The zero-order chi connectivity index (χ0) is 14.4. The molecule has 1 atom stereocenters. The molecule has 20 heavy (non-hydrogen) atoms. The quantitative estimate of drug-likeness (QED) is 0.854. The molecule has 3 N–H and O–H groups in total. The zero-order valence-corrected chi connectivity index (χ0v) is 12.3. The Morgan fingerprint density at radius 2 is 2.15 bits per heavy atom. The average molecular weight is 289 g/mol. The van der Waals surface area contributed by atoms with E-state index in [2.05, 4.69) is 22.4 Å². The van der Waals surface area contributed by atoms with Crippen LogP contribution in [0.15, 0.2) is 35.7 Å². The van der Waals surface area contributed by atoms with Crippen molar-refractivity contribution in [3.63, 3.8) is 0 Å². The first kappa shape index (κ1) is 14.7. The minimum atomic E-state index is -0.118. The van der Waals surface area contributed by atoms with Crippen molar-refractivity contribution in [1.29, 1.82) is 0 Å². The number of amides is 1. The van der Waals surface area contributed by atoms with E-state index in [1.807, 2.05) is 25.1 Å². The van der Waals surface area contributed by atoms with Crippen molar-refractivity contribution in [1.82, 2.24) is 10.3 Å². The van der Waals surface area contributed by atoms with Gasteiger partial charge in [0.25, 0.3) is 5.91 Å². The minimum Gasteiger partial charge on any atom is -0.348 e. The number of nitrogens with one attached hydrogen (secondary N) is 1. The molecule has 0 aliphatic heterocycles. The third kappa shape index (κ3) is 4.15. The van der Waals surface area contributed by atoms with Crippen LogP contribution >= 0.6 is 11.3 Å². The Hall–Kier alpha value is -1.72. The van der Waals surface area contributed by atoms with Crippen LogP contribution in [0.2, 0.25) is 0 Å². The highest BCUT2D eigenvalue weighted by molar-refractivity contribution is 7.09. The van der Waals surface area contributed by atoms with Gasteiger partial charge in [0.15, 0.2) is 0 Å². The fraction of sp³-hybridized carbons (Fsp3) is 0.333. The van der Waals surface area contributed by atoms with Crippen LogP contribution in [-0.4, -0.2) is 23.5 Å². The van der Waals surface area contributed by atoms with Gasteiger partial charge in [-0.25, -0.2) is 4.98 Å². The van der Waals surface area contributed by atoms with Gasteiger partial charge in [-0.1, -0.05) is 30.3 Å². The molecule has 1 aromatic heterocycles. The average Bonchev–Trinajstić information content (AvgIpc) is 2.89. The zero-order valence-electron chi connectivity index (χ0n) is 11.5. The second kappa shape index (κ2) is 7.17. The predicted octanol–water partition coefficient (Wildman–Crippen LogP) is 2.01. The molecule has 106 valence electrons. The molecular formula is C15H19N3OS. The molecule has 1 aromatic carbocycles. The molecule has 5 heteroatoms. The number of carbonyl (C=O) groups excluding carboxylic acids is 1. The number of nitrogens with zero attached hydrogens (tertiary/aromatic N) is 1. The molecule has 1 heterocycles. The maximum atomic E-state index is 12.1. The summed E-state index contributed by atoms with van der Waals surface area (Å²) in [6.45, 7) is 2.55. The number of benzene rings is 1. The van der Waals surface area contributed by atoms with Crippen LogP contribution in [0.4, 0.5) is 0 Å². The van der Waals surface area contributed by atoms with Gasteiger partial charge >= 0.3 is 0 Å². The molecule has 1 amide bonds. The summed E-state index contributed by atoms with van der Waals surface area (Å²) in [6, 6.07) is 10.2. The number of rotatable bonds is 6. The molecular weight excluding hydrogens is 270 g/mol. The van der Waals surface area contributed by atoms with Crippen molar-refractivity contribution < 1.29 is 4.79 Å². The van der Waals surface area contributed by atoms with E-state index in [-0.39, 0.29) is 11.9 Å². The topological polar surface area (TPSA) is 68.0 Å². The summed E-state index contributed by atoms with van der Waals surface area (Å²) in [7, 11) is 0. The summed E-state index contributed by atoms with van der Waals surface area (Å²) < 4.78 is 0. The molecule has 1 unspecified atom stereocenters. The van der Waals surface area contributed by atoms with Crippen molar-refractivity contribution >= 4 is 17.2 Å². The van der Waals surface area contributed by atoms with Gasteiger partial charge in [-0.2, -0.15) is 0 Å². The van der Waals surface area contributed by atoms with Gasteiger partial charge in [-0.05, 0) is 25.5 Å². The van der Waals surface area contributed by atoms with Gasteiger partial charge in [-0.15, -0.1) is 11.3 Å². The van der Waals surface area contributed by atoms with Gasteiger partial charge in [-0.3, -0.25) is 4.79 Å². The number of carbonyl (C=O) groups is 1. The summed E-state index contributed by atoms with van der Waals surface area (Å²) in [6.07, 6.45) is 1.53. The molecule has 0 bridgehead atoms. The normalized spacial score (nSPS) is 12.1. The predicted molar refractivity (Wildman–Crippen MR) is 81.9 cm³/mol. The molecule has 2 rings (SSSR count). The summed E-state index contributed by atoms with van der Waals surface area (Å²) in [5.41, 5.74) is 7.17. The van der Waals surface area contributed by atoms with Gasteiger partial charge in [0, 0.05) is 17.8 Å². The summed E-state index contributed by atoms with van der Waals surface area (Å²) in [5, 5.41) is 5.67. The SMILES string of the molecule is CC(Cc1ccccc1)NC(=O)c1csc(CCN)n1. The van der Waals surface area contributed by atoms with E-state index in [0.29, 0.717) is 12.2 Å². The highest BCUT2D eigenvalue weighted by atomic mass is 32.1. The van der Waals surface area contributed by atoms with E-state index in [4.69, 9.17) is 5.73 Å². The lowest BCUT2D eigenvalue weighted by molar-refractivity contribution is 0.0935. The highest BCUT2D eigenvalue weighted by Gasteiger charge is 2.13. The van der Waals surface area contributed by atoms with Crippen LogP contribution in [0.5, 0.6) is 0 Å². The van der Waals surface area contributed by atoms with Crippen LogP contribution in [-0.2, 0) is 12.8 Å². The van der Waals surface area contributed by atoms with Crippen molar-refractivity contribution in [2.45, 2.75) is 25.8 Å².